The molecule has 2 aromatic rings. The summed E-state index contributed by atoms with van der Waals surface area (Å²) in [6.07, 6.45) is 1.54. The summed E-state index contributed by atoms with van der Waals surface area (Å²) in [6, 6.07) is 9.09. The Morgan fingerprint density at radius 2 is 2.18 bits per heavy atom. The monoisotopic (exact) mass is 308 g/mol. The summed E-state index contributed by atoms with van der Waals surface area (Å²) in [5.41, 5.74) is 1.19. The van der Waals surface area contributed by atoms with Crippen LogP contribution < -0.4 is 5.32 Å². The van der Waals surface area contributed by atoms with Crippen LogP contribution in [0.25, 0.3) is 0 Å². The SMILES string of the molecule is N#Cc1ccc(Br)cc1Nc1ccnc(Cl)n1. The highest BCUT2D eigenvalue weighted by atomic mass is 79.9. The minimum Gasteiger partial charge on any atom is -0.339 e. The second-order valence-corrected chi connectivity index (χ2v) is 4.39. The van der Waals surface area contributed by atoms with Gasteiger partial charge >= 0.3 is 0 Å². The Bertz CT molecular complexity index is 594. The van der Waals surface area contributed by atoms with E-state index < -0.39 is 0 Å². The van der Waals surface area contributed by atoms with Crippen LogP contribution in [0.15, 0.2) is 34.9 Å². The molecule has 1 aromatic heterocycles. The van der Waals surface area contributed by atoms with Gasteiger partial charge in [-0.1, -0.05) is 15.9 Å². The molecular weight excluding hydrogens is 304 g/mol. The van der Waals surface area contributed by atoms with Gasteiger partial charge in [-0.25, -0.2) is 9.97 Å². The van der Waals surface area contributed by atoms with Crippen molar-refractivity contribution in [1.82, 2.24) is 9.97 Å². The van der Waals surface area contributed by atoms with Gasteiger partial charge in [0.2, 0.25) is 5.28 Å². The van der Waals surface area contributed by atoms with E-state index in [4.69, 9.17) is 16.9 Å². The van der Waals surface area contributed by atoms with Crippen LogP contribution in [0.2, 0.25) is 5.28 Å². The van der Waals surface area contributed by atoms with Crippen molar-refractivity contribution < 1.29 is 0 Å². The molecule has 17 heavy (non-hydrogen) atoms. The first kappa shape index (κ1) is 11.8. The van der Waals surface area contributed by atoms with E-state index in [9.17, 15) is 0 Å². The van der Waals surface area contributed by atoms with Crippen molar-refractivity contribution in [3.63, 3.8) is 0 Å². The summed E-state index contributed by atoms with van der Waals surface area (Å²) in [5.74, 6) is 0.541. The van der Waals surface area contributed by atoms with Crippen molar-refractivity contribution >= 4 is 39.0 Å². The highest BCUT2D eigenvalue weighted by Crippen LogP contribution is 2.23. The molecule has 0 fully saturated rings. The molecule has 0 spiro atoms. The number of nitrogens with one attached hydrogen (secondary N) is 1. The highest BCUT2D eigenvalue weighted by Gasteiger charge is 2.04. The number of rotatable bonds is 2. The summed E-state index contributed by atoms with van der Waals surface area (Å²) in [7, 11) is 0. The summed E-state index contributed by atoms with van der Waals surface area (Å²) < 4.78 is 0.874. The second-order valence-electron chi connectivity index (χ2n) is 3.14. The van der Waals surface area contributed by atoms with E-state index in [0.717, 1.165) is 4.47 Å². The summed E-state index contributed by atoms with van der Waals surface area (Å²) in [5, 5.41) is 12.2. The van der Waals surface area contributed by atoms with E-state index in [2.05, 4.69) is 37.3 Å². The molecule has 0 bridgehead atoms. The zero-order valence-electron chi connectivity index (χ0n) is 8.48. The summed E-state index contributed by atoms with van der Waals surface area (Å²) in [4.78, 5) is 7.77. The molecule has 2 rings (SSSR count). The van der Waals surface area contributed by atoms with Crippen LogP contribution in [0.4, 0.5) is 11.5 Å². The van der Waals surface area contributed by atoms with E-state index in [1.807, 2.05) is 0 Å². The fourth-order valence-corrected chi connectivity index (χ4v) is 1.77. The maximum Gasteiger partial charge on any atom is 0.224 e. The Morgan fingerprint density at radius 3 is 2.88 bits per heavy atom. The number of hydrogen-bond donors (Lipinski definition) is 1. The lowest BCUT2D eigenvalue weighted by molar-refractivity contribution is 1.17. The number of benzene rings is 1. The highest BCUT2D eigenvalue weighted by molar-refractivity contribution is 9.10. The van der Waals surface area contributed by atoms with E-state index >= 15 is 0 Å². The second kappa shape index (κ2) is 5.13. The summed E-state index contributed by atoms with van der Waals surface area (Å²) >= 11 is 9.02. The zero-order valence-corrected chi connectivity index (χ0v) is 10.8. The molecule has 0 unspecified atom stereocenters. The normalized spacial score (nSPS) is 9.71. The van der Waals surface area contributed by atoms with Crippen molar-refractivity contribution in [2.45, 2.75) is 0 Å². The molecule has 0 saturated heterocycles. The van der Waals surface area contributed by atoms with Gasteiger partial charge in [-0.3, -0.25) is 0 Å². The van der Waals surface area contributed by atoms with Gasteiger partial charge in [-0.05, 0) is 35.9 Å². The average Bonchev–Trinajstić information content (AvgIpc) is 2.29. The van der Waals surface area contributed by atoms with Crippen LogP contribution in [0.3, 0.4) is 0 Å². The molecule has 1 aromatic carbocycles. The lowest BCUT2D eigenvalue weighted by Crippen LogP contribution is -1.97. The number of nitriles is 1. The fraction of sp³-hybridized carbons (Fsp3) is 0. The van der Waals surface area contributed by atoms with E-state index in [0.29, 0.717) is 17.1 Å². The molecule has 0 amide bonds. The Morgan fingerprint density at radius 1 is 1.35 bits per heavy atom. The topological polar surface area (TPSA) is 61.6 Å². The molecule has 0 radical (unpaired) electrons. The van der Waals surface area contributed by atoms with E-state index in [1.54, 1.807) is 30.5 Å². The molecule has 0 aliphatic heterocycles. The maximum atomic E-state index is 8.98. The average molecular weight is 310 g/mol. The number of halogens is 2. The Hall–Kier alpha value is -1.64. The lowest BCUT2D eigenvalue weighted by Gasteiger charge is -2.07. The lowest BCUT2D eigenvalue weighted by atomic mass is 10.2. The molecule has 4 nitrogen and oxygen atoms in total. The minimum absolute atomic E-state index is 0.156. The van der Waals surface area contributed by atoms with Gasteiger partial charge in [0, 0.05) is 10.7 Å². The molecule has 0 aliphatic rings. The van der Waals surface area contributed by atoms with E-state index in [-0.39, 0.29) is 5.28 Å². The third kappa shape index (κ3) is 2.93. The quantitative estimate of drug-likeness (QED) is 0.862. The molecule has 0 saturated carbocycles. The van der Waals surface area contributed by atoms with Gasteiger partial charge < -0.3 is 5.32 Å². The minimum atomic E-state index is 0.156. The van der Waals surface area contributed by atoms with Gasteiger partial charge in [0.15, 0.2) is 0 Å². The third-order valence-corrected chi connectivity index (χ3v) is 2.67. The first-order valence-electron chi connectivity index (χ1n) is 4.64. The van der Waals surface area contributed by atoms with Crippen molar-refractivity contribution in [3.8, 4) is 6.07 Å². The number of aromatic nitrogens is 2. The predicted octanol–water partition coefficient (Wildman–Crippen LogP) is 3.51. The van der Waals surface area contributed by atoms with Gasteiger partial charge in [0.05, 0.1) is 11.3 Å². The Balaban J connectivity index is 2.36. The van der Waals surface area contributed by atoms with E-state index in [1.165, 1.54) is 0 Å². The first-order chi connectivity index (χ1) is 8.19. The molecule has 1 N–H and O–H groups in total. The van der Waals surface area contributed by atoms with Crippen LogP contribution in [0.1, 0.15) is 5.56 Å². The smallest absolute Gasteiger partial charge is 0.224 e. The molecule has 84 valence electrons. The van der Waals surface area contributed by atoms with Gasteiger partial charge in [-0.15, -0.1) is 0 Å². The summed E-state index contributed by atoms with van der Waals surface area (Å²) in [6.45, 7) is 0. The van der Waals surface area contributed by atoms with Crippen LogP contribution in [0, 0.1) is 11.3 Å². The third-order valence-electron chi connectivity index (χ3n) is 1.99. The molecule has 6 heteroatoms. The van der Waals surface area contributed by atoms with Gasteiger partial charge in [0.25, 0.3) is 0 Å². The Labute approximate surface area is 111 Å². The van der Waals surface area contributed by atoms with Crippen molar-refractivity contribution in [1.29, 1.82) is 5.26 Å². The number of anilines is 2. The standard InChI is InChI=1S/C11H6BrClN4/c12-8-2-1-7(6-14)9(5-8)16-10-3-4-15-11(13)17-10/h1-5H,(H,15,16,17). The largest absolute Gasteiger partial charge is 0.339 e. The van der Waals surface area contributed by atoms with Crippen molar-refractivity contribution in [2.75, 3.05) is 5.32 Å². The van der Waals surface area contributed by atoms with Crippen LogP contribution >= 0.6 is 27.5 Å². The van der Waals surface area contributed by atoms with Crippen LogP contribution in [0.5, 0.6) is 0 Å². The van der Waals surface area contributed by atoms with Crippen molar-refractivity contribution in [2.24, 2.45) is 0 Å². The first-order valence-corrected chi connectivity index (χ1v) is 5.81. The molecular formula is C11H6BrClN4. The Kier molecular flexibility index (Phi) is 3.57. The number of hydrogen-bond acceptors (Lipinski definition) is 4. The van der Waals surface area contributed by atoms with Gasteiger partial charge in [0.1, 0.15) is 11.9 Å². The van der Waals surface area contributed by atoms with Crippen molar-refractivity contribution in [3.05, 3.63) is 45.8 Å². The molecule has 0 atom stereocenters. The molecule has 1 heterocycles. The fourth-order valence-electron chi connectivity index (χ4n) is 1.26. The van der Waals surface area contributed by atoms with Gasteiger partial charge in [-0.2, -0.15) is 5.26 Å². The maximum absolute atomic E-state index is 8.98. The van der Waals surface area contributed by atoms with Crippen LogP contribution in [-0.4, -0.2) is 9.97 Å². The molecule has 0 aliphatic carbocycles. The van der Waals surface area contributed by atoms with Crippen LogP contribution in [-0.2, 0) is 0 Å². The predicted molar refractivity (Wildman–Crippen MR) is 69.2 cm³/mol. The number of nitrogens with zero attached hydrogens (tertiary/aromatic N) is 3. The zero-order chi connectivity index (χ0) is 12.3.